The van der Waals surface area contributed by atoms with Gasteiger partial charge in [0.05, 0.1) is 10.6 Å². The van der Waals surface area contributed by atoms with Crippen LogP contribution in [0.15, 0.2) is 66.9 Å². The molecule has 1 aromatic heterocycles. The summed E-state index contributed by atoms with van der Waals surface area (Å²) in [5.41, 5.74) is 3.15. The Bertz CT molecular complexity index is 1600. The predicted octanol–water partition coefficient (Wildman–Crippen LogP) is 7.31. The number of likely N-dealkylation sites (N-methyl/N-ethyl adjacent to an activating group) is 1. The van der Waals surface area contributed by atoms with E-state index in [0.717, 1.165) is 61.2 Å². The van der Waals surface area contributed by atoms with E-state index in [2.05, 4.69) is 37.4 Å². The molecule has 224 valence electrons. The Balaban J connectivity index is 1.43. The normalized spacial score (nSPS) is 14.0. The molecule has 1 aliphatic rings. The summed E-state index contributed by atoms with van der Waals surface area (Å²) in [5, 5.41) is 5.68. The number of amides is 1. The van der Waals surface area contributed by atoms with E-state index in [-0.39, 0.29) is 28.2 Å². The maximum Gasteiger partial charge on any atom is 0.416 e. The number of aryl methyl sites for hydroxylation is 2. The first-order valence-electron chi connectivity index (χ1n) is 13.6. The van der Waals surface area contributed by atoms with Crippen molar-refractivity contribution in [1.82, 2.24) is 14.9 Å². The fourth-order valence-corrected chi connectivity index (χ4v) is 4.88. The summed E-state index contributed by atoms with van der Waals surface area (Å²) in [7, 11) is 2.10. The van der Waals surface area contributed by atoms with Gasteiger partial charge in [-0.3, -0.25) is 4.79 Å². The molecule has 1 amide bonds. The lowest BCUT2D eigenvalue weighted by Gasteiger charge is -2.34. The highest BCUT2D eigenvalue weighted by atomic mass is 35.5. The van der Waals surface area contributed by atoms with Crippen molar-refractivity contribution < 1.29 is 22.7 Å². The van der Waals surface area contributed by atoms with Crippen molar-refractivity contribution >= 4 is 40.5 Å². The molecule has 0 atom stereocenters. The highest BCUT2D eigenvalue weighted by Gasteiger charge is 2.31. The Morgan fingerprint density at radius 2 is 1.65 bits per heavy atom. The second kappa shape index (κ2) is 12.5. The van der Waals surface area contributed by atoms with Crippen molar-refractivity contribution in [2.45, 2.75) is 20.0 Å². The molecule has 0 aliphatic carbocycles. The van der Waals surface area contributed by atoms with Gasteiger partial charge in [-0.2, -0.15) is 18.2 Å². The summed E-state index contributed by atoms with van der Waals surface area (Å²) >= 11 is 6.15. The zero-order valence-electron chi connectivity index (χ0n) is 23.8. The van der Waals surface area contributed by atoms with Gasteiger partial charge in [0.15, 0.2) is 0 Å². The molecule has 0 bridgehead atoms. The summed E-state index contributed by atoms with van der Waals surface area (Å²) in [4.78, 5) is 26.7. The maximum atomic E-state index is 13.4. The molecular weight excluding hydrogens is 581 g/mol. The number of nitrogens with one attached hydrogen (secondary N) is 2. The van der Waals surface area contributed by atoms with E-state index in [0.29, 0.717) is 11.4 Å². The minimum Gasteiger partial charge on any atom is -0.436 e. The van der Waals surface area contributed by atoms with Crippen molar-refractivity contribution in [2.24, 2.45) is 0 Å². The Morgan fingerprint density at radius 1 is 0.977 bits per heavy atom. The van der Waals surface area contributed by atoms with Gasteiger partial charge in [0.25, 0.3) is 5.91 Å². The van der Waals surface area contributed by atoms with Crippen LogP contribution in [0.3, 0.4) is 0 Å². The summed E-state index contributed by atoms with van der Waals surface area (Å²) < 4.78 is 45.4. The van der Waals surface area contributed by atoms with Crippen LogP contribution in [0, 0.1) is 13.8 Å². The van der Waals surface area contributed by atoms with Crippen molar-refractivity contribution in [3.63, 3.8) is 0 Å². The summed E-state index contributed by atoms with van der Waals surface area (Å²) in [6, 6.07) is 16.1. The van der Waals surface area contributed by atoms with Crippen LogP contribution in [0.25, 0.3) is 0 Å². The number of ether oxygens (including phenoxy) is 1. The number of anilines is 4. The van der Waals surface area contributed by atoms with Crippen molar-refractivity contribution in [3.05, 3.63) is 94.1 Å². The van der Waals surface area contributed by atoms with Gasteiger partial charge in [-0.15, -0.1) is 0 Å². The summed E-state index contributed by atoms with van der Waals surface area (Å²) in [6.07, 6.45) is -3.28. The molecule has 8 nitrogen and oxygen atoms in total. The minimum absolute atomic E-state index is 0.0328. The number of halogens is 4. The average molecular weight is 611 g/mol. The van der Waals surface area contributed by atoms with E-state index in [9.17, 15) is 18.0 Å². The first-order valence-corrected chi connectivity index (χ1v) is 14.0. The van der Waals surface area contributed by atoms with Crippen LogP contribution in [0.4, 0.5) is 36.2 Å². The van der Waals surface area contributed by atoms with Gasteiger partial charge in [0.1, 0.15) is 11.3 Å². The smallest absolute Gasteiger partial charge is 0.416 e. The number of para-hydroxylation sites is 1. The molecular formula is C31H30ClF3N6O2. The van der Waals surface area contributed by atoms with E-state index in [1.54, 1.807) is 0 Å². The van der Waals surface area contributed by atoms with Crippen molar-refractivity contribution in [1.29, 1.82) is 0 Å². The molecule has 5 rings (SSSR count). The Kier molecular flexibility index (Phi) is 8.74. The lowest BCUT2D eigenvalue weighted by Crippen LogP contribution is -2.44. The van der Waals surface area contributed by atoms with Gasteiger partial charge in [-0.1, -0.05) is 29.8 Å². The third kappa shape index (κ3) is 7.18. The largest absolute Gasteiger partial charge is 0.436 e. The molecule has 43 heavy (non-hydrogen) atoms. The molecule has 1 fully saturated rings. The first kappa shape index (κ1) is 30.1. The number of piperazine rings is 1. The second-order valence-corrected chi connectivity index (χ2v) is 10.7. The molecule has 1 aliphatic heterocycles. The van der Waals surface area contributed by atoms with Crippen LogP contribution in [0.5, 0.6) is 11.6 Å². The predicted molar refractivity (Wildman–Crippen MR) is 162 cm³/mol. The van der Waals surface area contributed by atoms with Gasteiger partial charge in [0, 0.05) is 49.4 Å². The minimum atomic E-state index is -4.58. The number of nitrogens with zero attached hydrogens (tertiary/aromatic N) is 4. The average Bonchev–Trinajstić information content (AvgIpc) is 2.96. The summed E-state index contributed by atoms with van der Waals surface area (Å²) in [6.45, 7) is 7.57. The zero-order chi connectivity index (χ0) is 30.7. The lowest BCUT2D eigenvalue weighted by atomic mass is 10.1. The second-order valence-electron chi connectivity index (χ2n) is 10.3. The van der Waals surface area contributed by atoms with Gasteiger partial charge >= 0.3 is 6.18 Å². The number of aromatic nitrogens is 2. The molecule has 2 N–H and O–H groups in total. The van der Waals surface area contributed by atoms with Crippen molar-refractivity contribution in [3.8, 4) is 11.6 Å². The van der Waals surface area contributed by atoms with Crippen molar-refractivity contribution in [2.75, 3.05) is 48.8 Å². The van der Waals surface area contributed by atoms with Crippen LogP contribution in [0.1, 0.15) is 27.0 Å². The van der Waals surface area contributed by atoms with E-state index in [4.69, 9.17) is 16.3 Å². The maximum absolute atomic E-state index is 13.4. The summed E-state index contributed by atoms with van der Waals surface area (Å²) in [5.74, 6) is -0.721. The molecule has 0 spiro atoms. The quantitative estimate of drug-likeness (QED) is 0.227. The Morgan fingerprint density at radius 3 is 2.28 bits per heavy atom. The topological polar surface area (TPSA) is 82.6 Å². The Labute approximate surface area is 252 Å². The number of rotatable bonds is 7. The number of carbonyl (C=O) groups is 1. The molecule has 1 saturated heterocycles. The van der Waals surface area contributed by atoms with Gasteiger partial charge < -0.3 is 25.2 Å². The molecule has 0 saturated carbocycles. The highest BCUT2D eigenvalue weighted by molar-refractivity contribution is 6.32. The van der Waals surface area contributed by atoms with E-state index >= 15 is 0 Å². The molecule has 4 aromatic rings. The third-order valence-electron chi connectivity index (χ3n) is 7.18. The number of hydrogen-bond acceptors (Lipinski definition) is 7. The number of benzene rings is 3. The number of alkyl halides is 3. The van der Waals surface area contributed by atoms with Crippen LogP contribution < -0.4 is 20.3 Å². The fraction of sp³-hybridized carbons (Fsp3) is 0.258. The number of carbonyl (C=O) groups excluding carboxylic acids is 1. The van der Waals surface area contributed by atoms with E-state index in [1.807, 2.05) is 56.3 Å². The highest BCUT2D eigenvalue weighted by Crippen LogP contribution is 2.37. The van der Waals surface area contributed by atoms with E-state index < -0.39 is 17.6 Å². The molecule has 0 unspecified atom stereocenters. The SMILES string of the molecule is Cc1cccc(C)c1NC(=O)c1cnc(Nc2ccc(N3CCN(C)CC3)cc2)nc1Oc1ccc(C(F)(F)F)cc1Cl. The van der Waals surface area contributed by atoms with Crippen LogP contribution in [-0.2, 0) is 6.18 Å². The monoisotopic (exact) mass is 610 g/mol. The van der Waals surface area contributed by atoms with Crippen LogP contribution in [0.2, 0.25) is 5.02 Å². The third-order valence-corrected chi connectivity index (χ3v) is 7.47. The first-order chi connectivity index (χ1) is 20.5. The van der Waals surface area contributed by atoms with Gasteiger partial charge in [-0.25, -0.2) is 4.98 Å². The molecule has 0 radical (unpaired) electrons. The molecule has 3 aromatic carbocycles. The van der Waals surface area contributed by atoms with Crippen LogP contribution in [-0.4, -0.2) is 54.0 Å². The zero-order valence-corrected chi connectivity index (χ0v) is 24.6. The van der Waals surface area contributed by atoms with Gasteiger partial charge in [-0.05, 0) is 74.5 Å². The standard InChI is InChI=1S/C31H30ClF3N6O2/c1-19-5-4-6-20(2)27(19)38-28(42)24-18-36-30(37-22-8-10-23(11-9-22)41-15-13-40(3)14-16-41)39-29(24)43-26-12-7-21(17-25(26)32)31(33,34)35/h4-12,17-18H,13-16H2,1-3H3,(H,38,42)(H,36,37,39). The molecule has 12 heteroatoms. The molecule has 2 heterocycles. The van der Waals surface area contributed by atoms with Gasteiger partial charge in [0.2, 0.25) is 11.8 Å². The van der Waals surface area contributed by atoms with E-state index in [1.165, 1.54) is 6.20 Å². The lowest BCUT2D eigenvalue weighted by molar-refractivity contribution is -0.137. The number of hydrogen-bond donors (Lipinski definition) is 2. The van der Waals surface area contributed by atoms with Crippen LogP contribution >= 0.6 is 11.6 Å². The Hall–Kier alpha value is -4.35. The fourth-order valence-electron chi connectivity index (χ4n) is 4.67.